The van der Waals surface area contributed by atoms with Crippen LogP contribution in [0.5, 0.6) is 11.8 Å². The first-order valence-corrected chi connectivity index (χ1v) is 8.43. The van der Waals surface area contributed by atoms with E-state index in [-0.39, 0.29) is 35.3 Å². The molecule has 0 aliphatic carbocycles. The highest BCUT2D eigenvalue weighted by molar-refractivity contribution is 7.33. The SMILES string of the molecule is COc1nnc(Cl)cc1CO[PH](=O)OCc1cc(Cl)nnc1OC. The minimum Gasteiger partial charge on any atom is -0.480 e. The van der Waals surface area contributed by atoms with Crippen molar-refractivity contribution in [2.45, 2.75) is 13.2 Å². The molecule has 2 heterocycles. The third-order valence-corrected chi connectivity index (χ3v) is 3.82. The topological polar surface area (TPSA) is 106 Å². The van der Waals surface area contributed by atoms with Gasteiger partial charge in [-0.05, 0) is 12.1 Å². The summed E-state index contributed by atoms with van der Waals surface area (Å²) in [5.41, 5.74) is 0.983. The van der Waals surface area contributed by atoms with Gasteiger partial charge in [0.25, 0.3) is 0 Å². The molecular weight excluding hydrogens is 382 g/mol. The lowest BCUT2D eigenvalue weighted by Crippen LogP contribution is -2.00. The van der Waals surface area contributed by atoms with Crippen molar-refractivity contribution in [2.24, 2.45) is 0 Å². The summed E-state index contributed by atoms with van der Waals surface area (Å²) in [5.74, 6) is 0.446. The van der Waals surface area contributed by atoms with Crippen LogP contribution in [-0.2, 0) is 26.8 Å². The maximum absolute atomic E-state index is 11.9. The summed E-state index contributed by atoms with van der Waals surface area (Å²) in [4.78, 5) is 0. The Hall–Kier alpha value is -1.51. The summed E-state index contributed by atoms with van der Waals surface area (Å²) in [5, 5.41) is 15.1. The van der Waals surface area contributed by atoms with Crippen molar-refractivity contribution in [3.63, 3.8) is 0 Å². The number of hydrogen-bond acceptors (Lipinski definition) is 9. The predicted molar refractivity (Wildman–Crippen MR) is 85.8 cm³/mol. The zero-order valence-corrected chi connectivity index (χ0v) is 15.2. The van der Waals surface area contributed by atoms with Gasteiger partial charge in [0.2, 0.25) is 11.8 Å². The van der Waals surface area contributed by atoms with Gasteiger partial charge in [0.15, 0.2) is 10.3 Å². The number of aromatic nitrogens is 4. The van der Waals surface area contributed by atoms with Crippen molar-refractivity contribution in [1.82, 2.24) is 20.4 Å². The maximum Gasteiger partial charge on any atom is 0.319 e. The number of halogens is 2. The molecule has 0 fully saturated rings. The van der Waals surface area contributed by atoms with E-state index in [1.165, 1.54) is 26.4 Å². The highest BCUT2D eigenvalue weighted by Crippen LogP contribution is 2.31. The number of hydrogen-bond donors (Lipinski definition) is 0. The molecule has 0 bridgehead atoms. The van der Waals surface area contributed by atoms with Gasteiger partial charge in [-0.15, -0.1) is 20.4 Å². The van der Waals surface area contributed by atoms with E-state index in [4.69, 9.17) is 41.7 Å². The first-order chi connectivity index (χ1) is 11.5. The third kappa shape index (κ3) is 5.25. The Morgan fingerprint density at radius 2 is 1.29 bits per heavy atom. The molecule has 2 aromatic rings. The summed E-state index contributed by atoms with van der Waals surface area (Å²) >= 11 is 11.5. The molecule has 0 aliphatic rings. The summed E-state index contributed by atoms with van der Waals surface area (Å²) in [7, 11) is 0.0452. The smallest absolute Gasteiger partial charge is 0.319 e. The molecule has 2 aromatic heterocycles. The van der Waals surface area contributed by atoms with E-state index in [0.717, 1.165) is 0 Å². The zero-order valence-electron chi connectivity index (χ0n) is 12.7. The van der Waals surface area contributed by atoms with Crippen LogP contribution in [0.3, 0.4) is 0 Å². The Kier molecular flexibility index (Phi) is 7.14. The molecule has 0 aliphatic heterocycles. The second kappa shape index (κ2) is 9.10. The molecule has 24 heavy (non-hydrogen) atoms. The molecule has 0 amide bonds. The fourth-order valence-electron chi connectivity index (χ4n) is 1.65. The lowest BCUT2D eigenvalue weighted by atomic mass is 10.3. The fourth-order valence-corrected chi connectivity index (χ4v) is 2.62. The number of nitrogens with zero attached hydrogens (tertiary/aromatic N) is 4. The zero-order chi connectivity index (χ0) is 17.5. The van der Waals surface area contributed by atoms with Gasteiger partial charge >= 0.3 is 8.25 Å². The second-order valence-electron chi connectivity index (χ2n) is 4.23. The number of ether oxygens (including phenoxy) is 2. The molecule has 0 saturated carbocycles. The molecular formula is C12H13Cl2N4O5P. The van der Waals surface area contributed by atoms with E-state index in [1.807, 2.05) is 0 Å². The lowest BCUT2D eigenvalue weighted by molar-refractivity contribution is 0.207. The van der Waals surface area contributed by atoms with E-state index < -0.39 is 8.25 Å². The van der Waals surface area contributed by atoms with Gasteiger partial charge in [-0.2, -0.15) is 0 Å². The summed E-state index contributed by atoms with van der Waals surface area (Å²) < 4.78 is 32.2. The van der Waals surface area contributed by atoms with Crippen molar-refractivity contribution in [3.8, 4) is 11.8 Å². The molecule has 12 heteroatoms. The fraction of sp³-hybridized carbons (Fsp3) is 0.333. The molecule has 0 spiro atoms. The predicted octanol–water partition coefficient (Wildman–Crippen LogP) is 2.71. The standard InChI is InChI=1S/C12H13Cl2N4O5P/c1-20-11-7(3-9(13)15-17-11)5-22-24(19)23-6-8-4-10(14)16-18-12(8)21-2/h3-4,24H,5-6H2,1-2H3. The van der Waals surface area contributed by atoms with E-state index >= 15 is 0 Å². The minimum atomic E-state index is -2.80. The third-order valence-electron chi connectivity index (χ3n) is 2.69. The van der Waals surface area contributed by atoms with E-state index in [0.29, 0.717) is 11.1 Å². The van der Waals surface area contributed by atoms with Crippen molar-refractivity contribution < 1.29 is 23.1 Å². The molecule has 0 aromatic carbocycles. The molecule has 130 valence electrons. The van der Waals surface area contributed by atoms with Crippen LogP contribution >= 0.6 is 31.5 Å². The van der Waals surface area contributed by atoms with E-state index in [1.54, 1.807) is 0 Å². The van der Waals surface area contributed by atoms with Crippen LogP contribution in [0.15, 0.2) is 12.1 Å². The van der Waals surface area contributed by atoms with Crippen molar-refractivity contribution in [3.05, 3.63) is 33.6 Å². The van der Waals surface area contributed by atoms with Gasteiger partial charge in [0.05, 0.1) is 27.4 Å². The Labute approximate surface area is 148 Å². The quantitative estimate of drug-likeness (QED) is 0.624. The molecule has 0 radical (unpaired) electrons. The number of methoxy groups -OCH3 is 2. The maximum atomic E-state index is 11.9. The first-order valence-electron chi connectivity index (χ1n) is 6.45. The number of rotatable bonds is 8. The monoisotopic (exact) mass is 394 g/mol. The van der Waals surface area contributed by atoms with E-state index in [9.17, 15) is 4.57 Å². The van der Waals surface area contributed by atoms with Gasteiger partial charge in [-0.1, -0.05) is 23.2 Å². The van der Waals surface area contributed by atoms with Crippen LogP contribution < -0.4 is 9.47 Å². The van der Waals surface area contributed by atoms with Crippen LogP contribution in [-0.4, -0.2) is 34.6 Å². The average molecular weight is 395 g/mol. The normalized spacial score (nSPS) is 10.9. The summed E-state index contributed by atoms with van der Waals surface area (Å²) in [6.07, 6.45) is 0. The Morgan fingerprint density at radius 1 is 0.875 bits per heavy atom. The van der Waals surface area contributed by atoms with E-state index in [2.05, 4.69) is 20.4 Å². The summed E-state index contributed by atoms with van der Waals surface area (Å²) in [6.45, 7) is -0.134. The molecule has 0 atom stereocenters. The molecule has 2 rings (SSSR count). The lowest BCUT2D eigenvalue weighted by Gasteiger charge is -2.09. The van der Waals surface area contributed by atoms with Gasteiger partial charge in [0.1, 0.15) is 0 Å². The average Bonchev–Trinajstić information content (AvgIpc) is 2.58. The van der Waals surface area contributed by atoms with Crippen LogP contribution in [0.2, 0.25) is 10.3 Å². The minimum absolute atomic E-state index is 0.0668. The van der Waals surface area contributed by atoms with Crippen LogP contribution in [0, 0.1) is 0 Å². The van der Waals surface area contributed by atoms with Gasteiger partial charge in [0, 0.05) is 11.1 Å². The largest absolute Gasteiger partial charge is 0.480 e. The first kappa shape index (κ1) is 18.8. The van der Waals surface area contributed by atoms with Gasteiger partial charge < -0.3 is 18.5 Å². The highest BCUT2D eigenvalue weighted by atomic mass is 35.5. The van der Waals surface area contributed by atoms with Crippen molar-refractivity contribution in [1.29, 1.82) is 0 Å². The molecule has 0 unspecified atom stereocenters. The Bertz CT molecular complexity index is 677. The summed E-state index contributed by atoms with van der Waals surface area (Å²) in [6, 6.07) is 3.00. The van der Waals surface area contributed by atoms with Crippen LogP contribution in [0.25, 0.3) is 0 Å². The van der Waals surface area contributed by atoms with Crippen LogP contribution in [0.4, 0.5) is 0 Å². The second-order valence-corrected chi connectivity index (χ2v) is 6.08. The van der Waals surface area contributed by atoms with Crippen molar-refractivity contribution in [2.75, 3.05) is 14.2 Å². The highest BCUT2D eigenvalue weighted by Gasteiger charge is 2.12. The molecule has 0 saturated heterocycles. The van der Waals surface area contributed by atoms with Crippen LogP contribution in [0.1, 0.15) is 11.1 Å². The Balaban J connectivity index is 1.93. The van der Waals surface area contributed by atoms with Crippen molar-refractivity contribution >= 4 is 31.5 Å². The Morgan fingerprint density at radius 3 is 1.67 bits per heavy atom. The molecule has 9 nitrogen and oxygen atoms in total. The van der Waals surface area contributed by atoms with Gasteiger partial charge in [-0.25, -0.2) is 0 Å². The van der Waals surface area contributed by atoms with Gasteiger partial charge in [-0.3, -0.25) is 4.57 Å². The molecule has 0 N–H and O–H groups in total.